The molecule has 4 nitrogen and oxygen atoms in total. The maximum atomic E-state index is 10.1. The Kier molecular flexibility index (Phi) is 5.55. The monoisotopic (exact) mass is 238 g/mol. The zero-order valence-electron chi connectivity index (χ0n) is 10.8. The fourth-order valence-electron chi connectivity index (χ4n) is 1.53. The number of hydrogen-bond acceptors (Lipinski definition) is 4. The first-order chi connectivity index (χ1) is 8.05. The van der Waals surface area contributed by atoms with Crippen LogP contribution in [0.4, 0.5) is 0 Å². The molecule has 2 N–H and O–H groups in total. The van der Waals surface area contributed by atoms with E-state index in [1.807, 2.05) is 25.3 Å². The standard InChI is InChI=1S/C13H22N2O2/c1-11(12-5-4-7-14-9-12)15-10-13(2,16)6-8-17-3/h4-5,7,9,11,15-16H,6,8,10H2,1-3H3. The van der Waals surface area contributed by atoms with Gasteiger partial charge in [0.15, 0.2) is 0 Å². The molecule has 0 bridgehead atoms. The minimum atomic E-state index is -0.744. The molecule has 0 radical (unpaired) electrons. The molecular weight excluding hydrogens is 216 g/mol. The van der Waals surface area contributed by atoms with Crippen molar-refractivity contribution in [3.63, 3.8) is 0 Å². The van der Waals surface area contributed by atoms with Crippen LogP contribution in [-0.2, 0) is 4.74 Å². The van der Waals surface area contributed by atoms with Gasteiger partial charge in [0.1, 0.15) is 0 Å². The van der Waals surface area contributed by atoms with Gasteiger partial charge in [0.05, 0.1) is 5.60 Å². The van der Waals surface area contributed by atoms with Crippen molar-refractivity contribution in [1.29, 1.82) is 0 Å². The summed E-state index contributed by atoms with van der Waals surface area (Å²) < 4.78 is 4.97. The Morgan fingerprint density at radius 1 is 1.59 bits per heavy atom. The normalized spacial score (nSPS) is 16.5. The summed E-state index contributed by atoms with van der Waals surface area (Å²) in [6.45, 7) is 4.97. The van der Waals surface area contributed by atoms with Gasteiger partial charge in [0, 0.05) is 45.1 Å². The molecule has 0 amide bonds. The Morgan fingerprint density at radius 2 is 2.35 bits per heavy atom. The zero-order chi connectivity index (χ0) is 12.7. The quantitative estimate of drug-likeness (QED) is 0.756. The van der Waals surface area contributed by atoms with Gasteiger partial charge in [-0.1, -0.05) is 6.07 Å². The molecule has 0 fully saturated rings. The van der Waals surface area contributed by atoms with Gasteiger partial charge in [-0.25, -0.2) is 0 Å². The largest absolute Gasteiger partial charge is 0.389 e. The van der Waals surface area contributed by atoms with E-state index in [1.165, 1.54) is 0 Å². The average molecular weight is 238 g/mol. The summed E-state index contributed by atoms with van der Waals surface area (Å²) in [4.78, 5) is 4.08. The minimum absolute atomic E-state index is 0.178. The van der Waals surface area contributed by atoms with E-state index in [2.05, 4.69) is 17.2 Å². The van der Waals surface area contributed by atoms with Crippen molar-refractivity contribution in [3.05, 3.63) is 30.1 Å². The summed E-state index contributed by atoms with van der Waals surface area (Å²) in [5.41, 5.74) is 0.377. The first kappa shape index (κ1) is 14.1. The molecule has 4 heteroatoms. The van der Waals surface area contributed by atoms with E-state index in [1.54, 1.807) is 13.3 Å². The lowest BCUT2D eigenvalue weighted by atomic mass is 10.0. The number of pyridine rings is 1. The summed E-state index contributed by atoms with van der Waals surface area (Å²) >= 11 is 0. The fraction of sp³-hybridized carbons (Fsp3) is 0.615. The number of aliphatic hydroxyl groups is 1. The summed E-state index contributed by atoms with van der Waals surface area (Å²) in [6.07, 6.45) is 4.21. The highest BCUT2D eigenvalue weighted by Gasteiger charge is 2.20. The summed E-state index contributed by atoms with van der Waals surface area (Å²) in [7, 11) is 1.64. The van der Waals surface area contributed by atoms with Crippen molar-refractivity contribution in [2.45, 2.75) is 31.9 Å². The molecule has 1 aromatic rings. The molecule has 0 aliphatic heterocycles. The van der Waals surface area contributed by atoms with Crippen LogP contribution in [0.2, 0.25) is 0 Å². The Balaban J connectivity index is 2.40. The number of methoxy groups -OCH3 is 1. The third-order valence-electron chi connectivity index (χ3n) is 2.82. The van der Waals surface area contributed by atoms with Crippen LogP contribution in [0.25, 0.3) is 0 Å². The molecule has 0 saturated carbocycles. The summed E-state index contributed by atoms with van der Waals surface area (Å²) in [6, 6.07) is 4.11. The number of rotatable bonds is 7. The van der Waals surface area contributed by atoms with Crippen LogP contribution < -0.4 is 5.32 Å². The van der Waals surface area contributed by atoms with Gasteiger partial charge in [-0.2, -0.15) is 0 Å². The highest BCUT2D eigenvalue weighted by molar-refractivity contribution is 5.12. The van der Waals surface area contributed by atoms with Crippen molar-refractivity contribution < 1.29 is 9.84 Å². The SMILES string of the molecule is COCCC(C)(O)CNC(C)c1cccnc1. The average Bonchev–Trinajstić information content (AvgIpc) is 2.35. The number of nitrogens with one attached hydrogen (secondary N) is 1. The molecule has 0 aliphatic rings. The van der Waals surface area contributed by atoms with Crippen molar-refractivity contribution in [3.8, 4) is 0 Å². The van der Waals surface area contributed by atoms with Gasteiger partial charge in [0.25, 0.3) is 0 Å². The second-order valence-corrected chi connectivity index (χ2v) is 4.63. The van der Waals surface area contributed by atoms with E-state index in [0.717, 1.165) is 5.56 Å². The van der Waals surface area contributed by atoms with Crippen LogP contribution in [0.3, 0.4) is 0 Å². The molecule has 2 atom stereocenters. The second-order valence-electron chi connectivity index (χ2n) is 4.63. The molecule has 0 spiro atoms. The van der Waals surface area contributed by atoms with Crippen LogP contribution in [0.15, 0.2) is 24.5 Å². The lowest BCUT2D eigenvalue weighted by Gasteiger charge is -2.25. The van der Waals surface area contributed by atoms with Crippen LogP contribution in [-0.4, -0.2) is 36.0 Å². The molecule has 0 saturated heterocycles. The lowest BCUT2D eigenvalue weighted by molar-refractivity contribution is 0.0231. The molecule has 96 valence electrons. The molecule has 1 aromatic heterocycles. The lowest BCUT2D eigenvalue weighted by Crippen LogP contribution is -2.39. The fourth-order valence-corrected chi connectivity index (χ4v) is 1.53. The minimum Gasteiger partial charge on any atom is -0.389 e. The van der Waals surface area contributed by atoms with Gasteiger partial charge in [-0.15, -0.1) is 0 Å². The number of aromatic nitrogens is 1. The Morgan fingerprint density at radius 3 is 2.94 bits per heavy atom. The van der Waals surface area contributed by atoms with Crippen molar-refractivity contribution in [2.75, 3.05) is 20.3 Å². The van der Waals surface area contributed by atoms with Crippen LogP contribution >= 0.6 is 0 Å². The van der Waals surface area contributed by atoms with Gasteiger partial charge >= 0.3 is 0 Å². The molecule has 0 aliphatic carbocycles. The molecule has 1 rings (SSSR count). The molecule has 1 heterocycles. The number of ether oxygens (including phenoxy) is 1. The summed E-state index contributed by atoms with van der Waals surface area (Å²) in [5.74, 6) is 0. The van der Waals surface area contributed by atoms with Crippen molar-refractivity contribution >= 4 is 0 Å². The maximum absolute atomic E-state index is 10.1. The van der Waals surface area contributed by atoms with Crippen LogP contribution in [0, 0.1) is 0 Å². The van der Waals surface area contributed by atoms with E-state index >= 15 is 0 Å². The Bertz CT molecular complexity index is 314. The van der Waals surface area contributed by atoms with Crippen molar-refractivity contribution in [1.82, 2.24) is 10.3 Å². The second kappa shape index (κ2) is 6.69. The summed E-state index contributed by atoms with van der Waals surface area (Å²) in [5, 5.41) is 13.4. The predicted molar refractivity (Wildman–Crippen MR) is 67.8 cm³/mol. The van der Waals surface area contributed by atoms with Gasteiger partial charge < -0.3 is 15.2 Å². The van der Waals surface area contributed by atoms with E-state index in [0.29, 0.717) is 19.6 Å². The molecule has 0 aromatic carbocycles. The predicted octanol–water partition coefficient (Wildman–Crippen LogP) is 1.52. The van der Waals surface area contributed by atoms with E-state index in [9.17, 15) is 5.11 Å². The number of hydrogen-bond donors (Lipinski definition) is 2. The Labute approximate surface area is 103 Å². The van der Waals surface area contributed by atoms with Gasteiger partial charge in [0.2, 0.25) is 0 Å². The van der Waals surface area contributed by atoms with Crippen molar-refractivity contribution in [2.24, 2.45) is 0 Å². The first-order valence-corrected chi connectivity index (χ1v) is 5.90. The first-order valence-electron chi connectivity index (χ1n) is 5.90. The van der Waals surface area contributed by atoms with E-state index in [4.69, 9.17) is 4.74 Å². The zero-order valence-corrected chi connectivity index (χ0v) is 10.8. The van der Waals surface area contributed by atoms with Gasteiger partial charge in [-0.3, -0.25) is 4.98 Å². The van der Waals surface area contributed by atoms with E-state index in [-0.39, 0.29) is 6.04 Å². The third kappa shape index (κ3) is 5.26. The Hall–Kier alpha value is -0.970. The molecule has 2 unspecified atom stereocenters. The van der Waals surface area contributed by atoms with Crippen LogP contribution in [0.1, 0.15) is 31.9 Å². The number of nitrogens with zero attached hydrogens (tertiary/aromatic N) is 1. The third-order valence-corrected chi connectivity index (χ3v) is 2.82. The smallest absolute Gasteiger partial charge is 0.0765 e. The molecular formula is C13H22N2O2. The van der Waals surface area contributed by atoms with Crippen LogP contribution in [0.5, 0.6) is 0 Å². The molecule has 17 heavy (non-hydrogen) atoms. The van der Waals surface area contributed by atoms with E-state index < -0.39 is 5.60 Å². The maximum Gasteiger partial charge on any atom is 0.0765 e. The highest BCUT2D eigenvalue weighted by atomic mass is 16.5. The topological polar surface area (TPSA) is 54.4 Å². The van der Waals surface area contributed by atoms with Gasteiger partial charge in [-0.05, 0) is 25.5 Å². The highest BCUT2D eigenvalue weighted by Crippen LogP contribution is 2.13.